The van der Waals surface area contributed by atoms with E-state index in [1.54, 1.807) is 12.1 Å². The lowest BCUT2D eigenvalue weighted by atomic mass is 9.85. The van der Waals surface area contributed by atoms with E-state index in [9.17, 15) is 24.9 Å². The van der Waals surface area contributed by atoms with Crippen molar-refractivity contribution in [3.8, 4) is 30.4 Å². The van der Waals surface area contributed by atoms with Crippen molar-refractivity contribution in [3.63, 3.8) is 0 Å². The summed E-state index contributed by atoms with van der Waals surface area (Å²) in [5.74, 6) is 4.34. The molecule has 0 radical (unpaired) electrons. The first-order chi connectivity index (χ1) is 21.8. The van der Waals surface area contributed by atoms with Gasteiger partial charge < -0.3 is 24.8 Å². The van der Waals surface area contributed by atoms with Crippen LogP contribution in [0.15, 0.2) is 66.7 Å². The molecule has 2 aromatic rings. The first kappa shape index (κ1) is 35.6. The molecule has 0 saturated heterocycles. The van der Waals surface area contributed by atoms with Gasteiger partial charge >= 0.3 is 11.9 Å². The molecule has 0 aromatic heterocycles. The van der Waals surface area contributed by atoms with Gasteiger partial charge in [-0.15, -0.1) is 24.7 Å². The van der Waals surface area contributed by atoms with Crippen molar-refractivity contribution < 1.29 is 34.4 Å². The average Bonchev–Trinajstić information content (AvgIpc) is 3.31. The standard InChI is InChI=1S/C38H46O7/c1-3-12-29(13-4-2)27-44-38(43)30-19-23-32(24-20-30)45-37(42)17-11-6-5-10-16-33-34(36(41)26-35(33)40)25-22-31(39)21-18-28-14-8-7-9-15-28/h1-2,5,7-10,14-15,19-20,23-24,29,31,33-36,39-41H,6,11-13,16-18,21-22,25-27H2/b10-5-/t31-,33+,34+,35-,36?/m0/s1. The van der Waals surface area contributed by atoms with Crippen molar-refractivity contribution in [1.82, 2.24) is 0 Å². The van der Waals surface area contributed by atoms with E-state index in [0.29, 0.717) is 69.1 Å². The van der Waals surface area contributed by atoms with E-state index >= 15 is 0 Å². The molecule has 1 saturated carbocycles. The minimum absolute atomic E-state index is 0.0573. The zero-order valence-electron chi connectivity index (χ0n) is 25.9. The number of aliphatic hydroxyl groups excluding tert-OH is 3. The molecular weight excluding hydrogens is 568 g/mol. The third-order valence-electron chi connectivity index (χ3n) is 8.38. The molecular formula is C38H46O7. The number of hydrogen-bond donors (Lipinski definition) is 3. The number of benzene rings is 2. The highest BCUT2D eigenvalue weighted by Crippen LogP contribution is 2.38. The normalized spacial score (nSPS) is 20.0. The van der Waals surface area contributed by atoms with Crippen LogP contribution in [-0.2, 0) is 16.0 Å². The van der Waals surface area contributed by atoms with Gasteiger partial charge in [-0.3, -0.25) is 4.79 Å². The Morgan fingerprint density at radius 1 is 0.933 bits per heavy atom. The van der Waals surface area contributed by atoms with Crippen molar-refractivity contribution >= 4 is 11.9 Å². The minimum Gasteiger partial charge on any atom is -0.462 e. The van der Waals surface area contributed by atoms with E-state index in [1.807, 2.05) is 30.4 Å². The molecule has 0 heterocycles. The maximum atomic E-state index is 12.3. The zero-order chi connectivity index (χ0) is 32.4. The van der Waals surface area contributed by atoms with Crippen LogP contribution in [0.3, 0.4) is 0 Å². The van der Waals surface area contributed by atoms with Gasteiger partial charge in [-0.1, -0.05) is 42.5 Å². The summed E-state index contributed by atoms with van der Waals surface area (Å²) in [4.78, 5) is 24.6. The van der Waals surface area contributed by atoms with Crippen LogP contribution < -0.4 is 4.74 Å². The van der Waals surface area contributed by atoms with Crippen LogP contribution in [-0.4, -0.2) is 52.2 Å². The highest BCUT2D eigenvalue weighted by atomic mass is 16.5. The number of ether oxygens (including phenoxy) is 2. The lowest BCUT2D eigenvalue weighted by Gasteiger charge is -2.23. The number of terminal acetylenes is 2. The van der Waals surface area contributed by atoms with Crippen molar-refractivity contribution in [1.29, 1.82) is 0 Å². The number of allylic oxidation sites excluding steroid dienone is 2. The van der Waals surface area contributed by atoms with E-state index in [4.69, 9.17) is 22.3 Å². The monoisotopic (exact) mass is 614 g/mol. The molecule has 5 atom stereocenters. The molecule has 3 rings (SSSR count). The number of carbonyl (C=O) groups excluding carboxylic acids is 2. The zero-order valence-corrected chi connectivity index (χ0v) is 25.9. The third kappa shape index (κ3) is 12.6. The van der Waals surface area contributed by atoms with Gasteiger partial charge in [0.15, 0.2) is 0 Å². The number of aliphatic hydroxyl groups is 3. The molecule has 0 amide bonds. The van der Waals surface area contributed by atoms with E-state index in [0.717, 1.165) is 6.42 Å². The molecule has 0 aliphatic heterocycles. The molecule has 1 aliphatic rings. The van der Waals surface area contributed by atoms with E-state index < -0.39 is 24.3 Å². The Labute approximate surface area is 267 Å². The third-order valence-corrected chi connectivity index (χ3v) is 8.38. The highest BCUT2D eigenvalue weighted by molar-refractivity contribution is 5.89. The van der Waals surface area contributed by atoms with Crippen LogP contribution in [0.2, 0.25) is 0 Å². The number of aryl methyl sites for hydroxylation is 1. The van der Waals surface area contributed by atoms with E-state index in [-0.39, 0.29) is 36.8 Å². The summed E-state index contributed by atoms with van der Waals surface area (Å²) in [5.41, 5.74) is 1.53. The second kappa shape index (κ2) is 19.5. The Morgan fingerprint density at radius 3 is 2.31 bits per heavy atom. The molecule has 0 bridgehead atoms. The fraction of sp³-hybridized carbons (Fsp3) is 0.474. The van der Waals surface area contributed by atoms with Gasteiger partial charge in [0.25, 0.3) is 0 Å². The smallest absolute Gasteiger partial charge is 0.338 e. The number of carbonyl (C=O) groups is 2. The predicted octanol–water partition coefficient (Wildman–Crippen LogP) is 5.66. The average molecular weight is 615 g/mol. The molecule has 240 valence electrons. The largest absolute Gasteiger partial charge is 0.462 e. The number of hydrogen-bond acceptors (Lipinski definition) is 7. The van der Waals surface area contributed by atoms with Crippen LogP contribution in [0.25, 0.3) is 0 Å². The number of unbranched alkanes of at least 4 members (excludes halogenated alkanes) is 1. The van der Waals surface area contributed by atoms with Crippen LogP contribution in [0.5, 0.6) is 5.75 Å². The number of rotatable bonds is 18. The second-order valence-electron chi connectivity index (χ2n) is 11.8. The van der Waals surface area contributed by atoms with Gasteiger partial charge in [0, 0.05) is 25.2 Å². The Hall–Kier alpha value is -3.88. The first-order valence-electron chi connectivity index (χ1n) is 15.9. The maximum Gasteiger partial charge on any atom is 0.338 e. The summed E-state index contributed by atoms with van der Waals surface area (Å²) >= 11 is 0. The van der Waals surface area contributed by atoms with Crippen LogP contribution >= 0.6 is 0 Å². The fourth-order valence-electron chi connectivity index (χ4n) is 5.79. The number of esters is 2. The van der Waals surface area contributed by atoms with Gasteiger partial charge in [-0.2, -0.15) is 0 Å². The van der Waals surface area contributed by atoms with Gasteiger partial charge in [0.2, 0.25) is 0 Å². The lowest BCUT2D eigenvalue weighted by molar-refractivity contribution is -0.134. The molecule has 1 aliphatic carbocycles. The molecule has 7 heteroatoms. The molecule has 3 N–H and O–H groups in total. The van der Waals surface area contributed by atoms with Crippen LogP contribution in [0.1, 0.15) is 80.1 Å². The lowest BCUT2D eigenvalue weighted by Crippen LogP contribution is -2.23. The Bertz CT molecular complexity index is 1270. The van der Waals surface area contributed by atoms with Gasteiger partial charge in [0.1, 0.15) is 5.75 Å². The fourth-order valence-corrected chi connectivity index (χ4v) is 5.79. The Balaban J connectivity index is 1.33. The highest BCUT2D eigenvalue weighted by Gasteiger charge is 2.40. The quantitative estimate of drug-likeness (QED) is 0.0653. The summed E-state index contributed by atoms with van der Waals surface area (Å²) in [6.45, 7) is 0.141. The Kier molecular flexibility index (Phi) is 15.4. The molecule has 7 nitrogen and oxygen atoms in total. The molecule has 2 aromatic carbocycles. The van der Waals surface area contributed by atoms with E-state index in [2.05, 4.69) is 24.0 Å². The summed E-state index contributed by atoms with van der Waals surface area (Å²) < 4.78 is 10.7. The summed E-state index contributed by atoms with van der Waals surface area (Å²) in [5, 5.41) is 31.6. The maximum absolute atomic E-state index is 12.3. The van der Waals surface area contributed by atoms with Gasteiger partial charge in [-0.05, 0) is 93.0 Å². The minimum atomic E-state index is -0.571. The molecule has 1 unspecified atom stereocenters. The topological polar surface area (TPSA) is 113 Å². The SMILES string of the molecule is C#CCC(CC#C)COC(=O)c1ccc(OC(=O)CCC/C=C\C[C@H]2[C@@H](O)CC(O)[C@@H]2CC[C@@H](O)CCc2ccccc2)cc1. The van der Waals surface area contributed by atoms with E-state index in [1.165, 1.54) is 17.7 Å². The van der Waals surface area contributed by atoms with Crippen molar-refractivity contribution in [2.24, 2.45) is 17.8 Å². The van der Waals surface area contributed by atoms with Crippen molar-refractivity contribution in [2.75, 3.05) is 6.61 Å². The summed E-state index contributed by atoms with van der Waals surface area (Å²) in [6, 6.07) is 16.3. The van der Waals surface area contributed by atoms with Gasteiger partial charge in [0.05, 0.1) is 30.5 Å². The van der Waals surface area contributed by atoms with Crippen LogP contribution in [0, 0.1) is 42.4 Å². The summed E-state index contributed by atoms with van der Waals surface area (Å²) in [7, 11) is 0. The van der Waals surface area contributed by atoms with Gasteiger partial charge in [-0.25, -0.2) is 4.79 Å². The van der Waals surface area contributed by atoms with Crippen LogP contribution in [0.4, 0.5) is 0 Å². The second-order valence-corrected chi connectivity index (χ2v) is 11.8. The van der Waals surface area contributed by atoms with Crippen molar-refractivity contribution in [2.45, 2.75) is 88.9 Å². The summed E-state index contributed by atoms with van der Waals surface area (Å²) in [6.07, 6.45) is 19.2. The Morgan fingerprint density at radius 2 is 1.62 bits per heavy atom. The first-order valence-corrected chi connectivity index (χ1v) is 15.9. The van der Waals surface area contributed by atoms with Crippen molar-refractivity contribution in [3.05, 3.63) is 77.9 Å². The molecule has 1 fully saturated rings. The molecule has 45 heavy (non-hydrogen) atoms. The predicted molar refractivity (Wildman–Crippen MR) is 174 cm³/mol. The molecule has 0 spiro atoms.